The van der Waals surface area contributed by atoms with Crippen LogP contribution in [0.15, 0.2) is 18.2 Å². The van der Waals surface area contributed by atoms with Crippen LogP contribution >= 0.6 is 0 Å². The van der Waals surface area contributed by atoms with Crippen LogP contribution in [0, 0.1) is 0 Å². The number of benzene rings is 1. The Hall–Kier alpha value is -1.99. The molecule has 0 heterocycles. The van der Waals surface area contributed by atoms with Gasteiger partial charge < -0.3 is 29.6 Å². The van der Waals surface area contributed by atoms with Crippen molar-refractivity contribution in [3.8, 4) is 11.5 Å². The van der Waals surface area contributed by atoms with Crippen molar-refractivity contribution in [2.24, 2.45) is 0 Å². The van der Waals surface area contributed by atoms with Gasteiger partial charge in [0.25, 0.3) is 0 Å². The van der Waals surface area contributed by atoms with Gasteiger partial charge in [0.1, 0.15) is 0 Å². The van der Waals surface area contributed by atoms with Crippen LogP contribution in [-0.2, 0) is 9.47 Å². The first kappa shape index (κ1) is 20.3. The predicted octanol–water partition coefficient (Wildman–Crippen LogP) is 3.00. The van der Waals surface area contributed by atoms with Gasteiger partial charge in [0.15, 0.2) is 17.8 Å². The molecular formula is C19H30N2O5. The molecule has 0 bridgehead atoms. The molecule has 26 heavy (non-hydrogen) atoms. The number of hydrogen-bond acceptors (Lipinski definition) is 5. The Bertz CT molecular complexity index is 571. The maximum Gasteiger partial charge on any atom is 0.315 e. The fraction of sp³-hybridized carbons (Fsp3) is 0.632. The molecule has 0 spiro atoms. The van der Waals surface area contributed by atoms with Gasteiger partial charge in [-0.2, -0.15) is 0 Å². The number of rotatable bonds is 9. The van der Waals surface area contributed by atoms with Gasteiger partial charge in [0.2, 0.25) is 0 Å². The molecule has 2 rings (SSSR count). The zero-order chi connectivity index (χ0) is 18.9. The van der Waals surface area contributed by atoms with Gasteiger partial charge in [-0.05, 0) is 50.3 Å². The van der Waals surface area contributed by atoms with Gasteiger partial charge in [0, 0.05) is 14.2 Å². The lowest BCUT2D eigenvalue weighted by atomic mass is 10.1. The number of carbonyl (C=O) groups excluding carboxylic acids is 1. The smallest absolute Gasteiger partial charge is 0.315 e. The van der Waals surface area contributed by atoms with E-state index in [0.717, 1.165) is 24.2 Å². The highest BCUT2D eigenvalue weighted by Crippen LogP contribution is 2.33. The molecule has 1 fully saturated rings. The Morgan fingerprint density at radius 3 is 2.46 bits per heavy atom. The van der Waals surface area contributed by atoms with E-state index in [9.17, 15) is 4.79 Å². The second-order valence-electron chi connectivity index (χ2n) is 6.41. The molecule has 1 aromatic carbocycles. The summed E-state index contributed by atoms with van der Waals surface area (Å²) in [6, 6.07) is 5.27. The minimum atomic E-state index is -0.469. The molecule has 7 nitrogen and oxygen atoms in total. The molecule has 0 aromatic heterocycles. The van der Waals surface area contributed by atoms with Crippen LogP contribution in [0.1, 0.15) is 44.2 Å². The van der Waals surface area contributed by atoms with E-state index in [4.69, 9.17) is 18.9 Å². The average molecular weight is 366 g/mol. The second kappa shape index (κ2) is 10.2. The maximum absolute atomic E-state index is 12.1. The minimum absolute atomic E-state index is 0.185. The van der Waals surface area contributed by atoms with E-state index in [-0.39, 0.29) is 24.7 Å². The standard InChI is InChI=1S/C19H30N2O5/c1-13(21-19(22)20-12-18(24-3)25-4)14-9-10-16(23-2)17(11-14)26-15-7-5-6-8-15/h9-11,13,15,18H,5-8,12H2,1-4H3,(H2,20,21,22). The third-order valence-electron chi connectivity index (χ3n) is 4.59. The molecule has 0 aliphatic heterocycles. The lowest BCUT2D eigenvalue weighted by Gasteiger charge is -2.20. The van der Waals surface area contributed by atoms with Crippen LogP contribution < -0.4 is 20.1 Å². The first-order valence-electron chi connectivity index (χ1n) is 9.02. The SMILES string of the molecule is COc1ccc(C(C)NC(=O)NCC(OC)OC)cc1OC1CCCC1. The van der Waals surface area contributed by atoms with Gasteiger partial charge in [-0.1, -0.05) is 6.07 Å². The molecule has 1 saturated carbocycles. The van der Waals surface area contributed by atoms with Crippen molar-refractivity contribution >= 4 is 6.03 Å². The summed E-state index contributed by atoms with van der Waals surface area (Å²) in [5, 5.41) is 5.63. The van der Waals surface area contributed by atoms with Crippen LogP contribution in [0.3, 0.4) is 0 Å². The zero-order valence-corrected chi connectivity index (χ0v) is 16.0. The average Bonchev–Trinajstić information content (AvgIpc) is 3.15. The molecule has 1 aromatic rings. The van der Waals surface area contributed by atoms with E-state index in [2.05, 4.69) is 10.6 Å². The Morgan fingerprint density at radius 2 is 1.85 bits per heavy atom. The van der Waals surface area contributed by atoms with E-state index in [1.807, 2.05) is 25.1 Å². The molecule has 1 aliphatic rings. The monoisotopic (exact) mass is 366 g/mol. The van der Waals surface area contributed by atoms with Crippen molar-refractivity contribution in [2.45, 2.75) is 51.0 Å². The van der Waals surface area contributed by atoms with Crippen LogP contribution in [0.2, 0.25) is 0 Å². The van der Waals surface area contributed by atoms with E-state index in [1.165, 1.54) is 27.1 Å². The summed E-state index contributed by atoms with van der Waals surface area (Å²) in [7, 11) is 4.69. The van der Waals surface area contributed by atoms with Crippen molar-refractivity contribution in [1.29, 1.82) is 0 Å². The fourth-order valence-corrected chi connectivity index (χ4v) is 3.01. The number of nitrogens with one attached hydrogen (secondary N) is 2. The summed E-state index contributed by atoms with van der Waals surface area (Å²) in [6.07, 6.45) is 4.32. The van der Waals surface area contributed by atoms with Crippen molar-refractivity contribution in [3.63, 3.8) is 0 Å². The number of methoxy groups -OCH3 is 3. The third-order valence-corrected chi connectivity index (χ3v) is 4.59. The Labute approximate surface area is 155 Å². The first-order chi connectivity index (χ1) is 12.6. The van der Waals surface area contributed by atoms with Gasteiger partial charge in [-0.3, -0.25) is 0 Å². The topological polar surface area (TPSA) is 78.1 Å². The summed E-state index contributed by atoms with van der Waals surface area (Å²) in [5.41, 5.74) is 0.948. The Kier molecular flexibility index (Phi) is 8.00. The number of urea groups is 1. The predicted molar refractivity (Wildman–Crippen MR) is 98.6 cm³/mol. The molecule has 146 valence electrons. The van der Waals surface area contributed by atoms with Crippen LogP contribution in [0.4, 0.5) is 4.79 Å². The van der Waals surface area contributed by atoms with E-state index in [1.54, 1.807) is 7.11 Å². The summed E-state index contributed by atoms with van der Waals surface area (Å²) >= 11 is 0. The summed E-state index contributed by atoms with van der Waals surface area (Å²) in [4.78, 5) is 12.1. The Morgan fingerprint density at radius 1 is 1.15 bits per heavy atom. The molecule has 0 saturated heterocycles. The van der Waals surface area contributed by atoms with Crippen LogP contribution in [0.5, 0.6) is 11.5 Å². The Balaban J connectivity index is 1.96. The summed E-state index contributed by atoms with van der Waals surface area (Å²) in [5.74, 6) is 1.44. The minimum Gasteiger partial charge on any atom is -0.493 e. The molecular weight excluding hydrogens is 336 g/mol. The largest absolute Gasteiger partial charge is 0.493 e. The number of ether oxygens (including phenoxy) is 4. The van der Waals surface area contributed by atoms with E-state index in [0.29, 0.717) is 5.75 Å². The normalized spacial score (nSPS) is 15.7. The molecule has 0 radical (unpaired) electrons. The summed E-state index contributed by atoms with van der Waals surface area (Å²) in [6.45, 7) is 2.19. The molecule has 1 unspecified atom stereocenters. The number of amides is 2. The van der Waals surface area contributed by atoms with Gasteiger partial charge in [0.05, 0.1) is 25.8 Å². The van der Waals surface area contributed by atoms with Crippen molar-refractivity contribution in [3.05, 3.63) is 23.8 Å². The lowest BCUT2D eigenvalue weighted by molar-refractivity contribution is -0.0971. The summed E-state index contributed by atoms with van der Waals surface area (Å²) < 4.78 is 21.6. The van der Waals surface area contributed by atoms with Gasteiger partial charge in [-0.25, -0.2) is 4.79 Å². The highest BCUT2D eigenvalue weighted by atomic mass is 16.7. The number of carbonyl (C=O) groups is 1. The first-order valence-corrected chi connectivity index (χ1v) is 9.02. The molecule has 1 aliphatic carbocycles. The molecule has 2 amide bonds. The highest BCUT2D eigenvalue weighted by molar-refractivity contribution is 5.74. The van der Waals surface area contributed by atoms with Gasteiger partial charge in [-0.15, -0.1) is 0 Å². The molecule has 2 N–H and O–H groups in total. The van der Waals surface area contributed by atoms with Crippen molar-refractivity contribution in [1.82, 2.24) is 10.6 Å². The van der Waals surface area contributed by atoms with Crippen LogP contribution in [0.25, 0.3) is 0 Å². The van der Waals surface area contributed by atoms with Crippen LogP contribution in [-0.4, -0.2) is 46.3 Å². The zero-order valence-electron chi connectivity index (χ0n) is 16.0. The van der Waals surface area contributed by atoms with Gasteiger partial charge >= 0.3 is 6.03 Å². The highest BCUT2D eigenvalue weighted by Gasteiger charge is 2.20. The number of hydrogen-bond donors (Lipinski definition) is 2. The van der Waals surface area contributed by atoms with E-state index >= 15 is 0 Å². The molecule has 7 heteroatoms. The molecule has 1 atom stereocenters. The second-order valence-corrected chi connectivity index (χ2v) is 6.41. The van der Waals surface area contributed by atoms with E-state index < -0.39 is 6.29 Å². The maximum atomic E-state index is 12.1. The van der Waals surface area contributed by atoms with Crippen molar-refractivity contribution < 1.29 is 23.7 Å². The fourth-order valence-electron chi connectivity index (χ4n) is 3.01. The quantitative estimate of drug-likeness (QED) is 0.657. The van der Waals surface area contributed by atoms with Crippen molar-refractivity contribution in [2.75, 3.05) is 27.9 Å². The third kappa shape index (κ3) is 5.78. The lowest BCUT2D eigenvalue weighted by Crippen LogP contribution is -2.41.